The Balaban J connectivity index is 2.59. The first-order valence-corrected chi connectivity index (χ1v) is 4.87. The van der Waals surface area contributed by atoms with E-state index in [1.165, 1.54) is 7.11 Å². The summed E-state index contributed by atoms with van der Waals surface area (Å²) in [5.41, 5.74) is 6.10. The molecule has 90 valence electrons. The van der Waals surface area contributed by atoms with Crippen LogP contribution >= 0.6 is 0 Å². The number of nitrogens with two attached hydrogens (primary N) is 1. The van der Waals surface area contributed by atoms with Crippen molar-refractivity contribution in [2.45, 2.75) is 0 Å². The van der Waals surface area contributed by atoms with Gasteiger partial charge in [0, 0.05) is 11.8 Å². The molecule has 0 aliphatic heterocycles. The number of nitrogen functional groups attached to an aromatic ring is 1. The molecule has 0 spiro atoms. The van der Waals surface area contributed by atoms with Gasteiger partial charge in [0.2, 0.25) is 0 Å². The van der Waals surface area contributed by atoms with Crippen LogP contribution in [0.15, 0.2) is 18.2 Å². The summed E-state index contributed by atoms with van der Waals surface area (Å²) in [5, 5.41) is 10.6. The van der Waals surface area contributed by atoms with Gasteiger partial charge >= 0.3 is 0 Å². The zero-order chi connectivity index (χ0) is 12.7. The molecule has 1 amide bonds. The van der Waals surface area contributed by atoms with E-state index in [1.807, 2.05) is 0 Å². The normalized spacial score (nSPS) is 9.18. The highest BCUT2D eigenvalue weighted by Crippen LogP contribution is 2.28. The van der Waals surface area contributed by atoms with Gasteiger partial charge in [-0.1, -0.05) is 0 Å². The van der Waals surface area contributed by atoms with E-state index in [-0.39, 0.29) is 19.1 Å². The minimum atomic E-state index is -0.379. The highest BCUT2D eigenvalue weighted by molar-refractivity contribution is 5.77. The predicted octanol–water partition coefficient (Wildman–Crippen LogP) is 0.296. The van der Waals surface area contributed by atoms with Crippen LogP contribution in [0.3, 0.4) is 0 Å². The molecule has 3 N–H and O–H groups in total. The van der Waals surface area contributed by atoms with Crippen molar-refractivity contribution in [3.63, 3.8) is 0 Å². The van der Waals surface area contributed by atoms with Gasteiger partial charge in [0.1, 0.15) is 6.54 Å². The van der Waals surface area contributed by atoms with Gasteiger partial charge in [0.05, 0.1) is 13.2 Å². The van der Waals surface area contributed by atoms with Crippen molar-refractivity contribution in [1.82, 2.24) is 5.32 Å². The fourth-order valence-electron chi connectivity index (χ4n) is 1.14. The minimum Gasteiger partial charge on any atom is -0.493 e. The van der Waals surface area contributed by atoms with Gasteiger partial charge in [0.15, 0.2) is 18.1 Å². The molecule has 0 atom stereocenters. The molecule has 0 aromatic heterocycles. The molecule has 1 aromatic rings. The number of hydrogen-bond acceptors (Lipinski definition) is 5. The number of carbonyl (C=O) groups excluding carboxylic acids is 1. The standard InChI is InChI=1S/C11H13N3O3/c1-16-9-3-2-8(13)6-10(9)17-7-11(15)14-5-4-12/h2-3,6H,5,7,13H2,1H3,(H,14,15). The Morgan fingerprint density at radius 2 is 2.29 bits per heavy atom. The summed E-state index contributed by atoms with van der Waals surface area (Å²) < 4.78 is 10.3. The molecule has 1 aromatic carbocycles. The molecule has 0 fully saturated rings. The van der Waals surface area contributed by atoms with Crippen LogP contribution in [0.2, 0.25) is 0 Å². The van der Waals surface area contributed by atoms with E-state index in [4.69, 9.17) is 20.5 Å². The number of nitrogens with one attached hydrogen (secondary N) is 1. The molecule has 17 heavy (non-hydrogen) atoms. The van der Waals surface area contributed by atoms with Crippen molar-refractivity contribution in [3.8, 4) is 17.6 Å². The lowest BCUT2D eigenvalue weighted by molar-refractivity contribution is -0.122. The molecule has 0 aliphatic rings. The van der Waals surface area contributed by atoms with E-state index in [2.05, 4.69) is 5.32 Å². The molecule has 0 unspecified atom stereocenters. The van der Waals surface area contributed by atoms with E-state index < -0.39 is 0 Å². The third kappa shape index (κ3) is 3.91. The Kier molecular flexibility index (Phi) is 4.63. The SMILES string of the molecule is COc1ccc(N)cc1OCC(=O)NCC#N. The molecule has 6 heteroatoms. The number of anilines is 1. The van der Waals surface area contributed by atoms with Gasteiger partial charge in [-0.15, -0.1) is 0 Å². The van der Waals surface area contributed by atoms with Crippen LogP contribution < -0.4 is 20.5 Å². The number of benzene rings is 1. The summed E-state index contributed by atoms with van der Waals surface area (Å²) in [4.78, 5) is 11.2. The second-order valence-electron chi connectivity index (χ2n) is 3.13. The van der Waals surface area contributed by atoms with Crippen molar-refractivity contribution < 1.29 is 14.3 Å². The van der Waals surface area contributed by atoms with Crippen molar-refractivity contribution in [2.75, 3.05) is 26.0 Å². The molecule has 0 bridgehead atoms. The number of carbonyl (C=O) groups is 1. The highest BCUT2D eigenvalue weighted by Gasteiger charge is 2.07. The first-order valence-electron chi connectivity index (χ1n) is 4.87. The fraction of sp³-hybridized carbons (Fsp3) is 0.273. The number of methoxy groups -OCH3 is 1. The summed E-state index contributed by atoms with van der Waals surface area (Å²) in [6.07, 6.45) is 0. The van der Waals surface area contributed by atoms with E-state index in [1.54, 1.807) is 24.3 Å². The van der Waals surface area contributed by atoms with Crippen LogP contribution in [0.4, 0.5) is 5.69 Å². The average Bonchev–Trinajstić information content (AvgIpc) is 2.34. The van der Waals surface area contributed by atoms with Gasteiger partial charge < -0.3 is 20.5 Å². The number of rotatable bonds is 5. The summed E-state index contributed by atoms with van der Waals surface area (Å²) in [6.45, 7) is -0.238. The third-order valence-corrected chi connectivity index (χ3v) is 1.91. The van der Waals surface area contributed by atoms with Crippen LogP contribution in [0, 0.1) is 11.3 Å². The monoisotopic (exact) mass is 235 g/mol. The maximum absolute atomic E-state index is 11.2. The second-order valence-corrected chi connectivity index (χ2v) is 3.13. The molecule has 0 heterocycles. The highest BCUT2D eigenvalue weighted by atomic mass is 16.5. The van der Waals surface area contributed by atoms with Gasteiger partial charge in [0.25, 0.3) is 5.91 Å². The van der Waals surface area contributed by atoms with Crippen molar-refractivity contribution in [1.29, 1.82) is 5.26 Å². The zero-order valence-corrected chi connectivity index (χ0v) is 9.40. The molecule has 1 rings (SSSR count). The van der Waals surface area contributed by atoms with Crippen LogP contribution in [-0.4, -0.2) is 26.2 Å². The lowest BCUT2D eigenvalue weighted by Gasteiger charge is -2.10. The maximum Gasteiger partial charge on any atom is 0.258 e. The molecule has 6 nitrogen and oxygen atoms in total. The molecular weight excluding hydrogens is 222 g/mol. The average molecular weight is 235 g/mol. The van der Waals surface area contributed by atoms with Crippen molar-refractivity contribution in [2.24, 2.45) is 0 Å². The Hall–Kier alpha value is -2.42. The molecule has 0 aliphatic carbocycles. The molecular formula is C11H13N3O3. The second kappa shape index (κ2) is 6.23. The summed E-state index contributed by atoms with van der Waals surface area (Å²) in [5.74, 6) is 0.503. The first kappa shape index (κ1) is 12.6. The smallest absolute Gasteiger partial charge is 0.258 e. The minimum absolute atomic E-state index is 0.0454. The van der Waals surface area contributed by atoms with Gasteiger partial charge in [-0.3, -0.25) is 4.79 Å². The van der Waals surface area contributed by atoms with Crippen molar-refractivity contribution >= 4 is 11.6 Å². The third-order valence-electron chi connectivity index (χ3n) is 1.91. The Labute approximate surface area is 98.9 Å². The summed E-state index contributed by atoms with van der Waals surface area (Å²) in [7, 11) is 1.49. The van der Waals surface area contributed by atoms with E-state index in [0.29, 0.717) is 17.2 Å². The maximum atomic E-state index is 11.2. The molecule has 0 saturated heterocycles. The van der Waals surface area contributed by atoms with Crippen LogP contribution in [-0.2, 0) is 4.79 Å². The fourth-order valence-corrected chi connectivity index (χ4v) is 1.14. The molecule has 0 saturated carbocycles. The van der Waals surface area contributed by atoms with Gasteiger partial charge in [-0.2, -0.15) is 5.26 Å². The van der Waals surface area contributed by atoms with Crippen LogP contribution in [0.1, 0.15) is 0 Å². The lowest BCUT2D eigenvalue weighted by atomic mass is 10.3. The Morgan fingerprint density at radius 3 is 2.94 bits per heavy atom. The Bertz CT molecular complexity index is 440. The van der Waals surface area contributed by atoms with Crippen LogP contribution in [0.25, 0.3) is 0 Å². The van der Waals surface area contributed by atoms with Crippen LogP contribution in [0.5, 0.6) is 11.5 Å². The summed E-state index contributed by atoms with van der Waals surface area (Å²) >= 11 is 0. The first-order chi connectivity index (χ1) is 8.17. The molecule has 0 radical (unpaired) electrons. The largest absolute Gasteiger partial charge is 0.493 e. The van der Waals surface area contributed by atoms with E-state index in [0.717, 1.165) is 0 Å². The number of ether oxygens (including phenoxy) is 2. The van der Waals surface area contributed by atoms with E-state index >= 15 is 0 Å². The lowest BCUT2D eigenvalue weighted by Crippen LogP contribution is -2.29. The number of hydrogen-bond donors (Lipinski definition) is 2. The van der Waals surface area contributed by atoms with Gasteiger partial charge in [-0.25, -0.2) is 0 Å². The van der Waals surface area contributed by atoms with E-state index in [9.17, 15) is 4.79 Å². The topological polar surface area (TPSA) is 97.4 Å². The number of nitrogens with zero attached hydrogens (tertiary/aromatic N) is 1. The Morgan fingerprint density at radius 1 is 1.53 bits per heavy atom. The quantitative estimate of drug-likeness (QED) is 0.565. The zero-order valence-electron chi connectivity index (χ0n) is 9.40. The number of amides is 1. The number of nitriles is 1. The summed E-state index contributed by atoms with van der Waals surface area (Å²) in [6, 6.07) is 6.68. The van der Waals surface area contributed by atoms with Crippen molar-refractivity contribution in [3.05, 3.63) is 18.2 Å². The predicted molar refractivity (Wildman–Crippen MR) is 61.5 cm³/mol. The van der Waals surface area contributed by atoms with Gasteiger partial charge in [-0.05, 0) is 12.1 Å².